The molecule has 8 nitrogen and oxygen atoms in total. The van der Waals surface area contributed by atoms with Crippen LogP contribution in [-0.4, -0.2) is 30.4 Å². The van der Waals surface area contributed by atoms with Crippen molar-refractivity contribution in [2.75, 3.05) is 19.8 Å². The summed E-state index contributed by atoms with van der Waals surface area (Å²) in [5.74, 6) is 1.18. The number of hydrogen-bond acceptors (Lipinski definition) is 8. The van der Waals surface area contributed by atoms with Gasteiger partial charge < -0.3 is 18.9 Å². The number of halogens is 2. The Morgan fingerprint density at radius 1 is 0.956 bits per heavy atom. The minimum Gasteiger partial charge on any atom is -0.490 e. The van der Waals surface area contributed by atoms with Gasteiger partial charge in [-0.05, 0) is 81.3 Å². The zero-order valence-electron chi connectivity index (χ0n) is 25.3. The Morgan fingerprint density at radius 3 is 2.47 bits per heavy atom. The van der Waals surface area contributed by atoms with Gasteiger partial charge in [-0.2, -0.15) is 0 Å². The summed E-state index contributed by atoms with van der Waals surface area (Å²) in [6.45, 7) is 8.58. The second kappa shape index (κ2) is 14.4. The monoisotopic (exact) mass is 666 g/mol. The van der Waals surface area contributed by atoms with E-state index in [1.165, 1.54) is 11.3 Å². The molecular weight excluding hydrogens is 635 g/mol. The summed E-state index contributed by atoms with van der Waals surface area (Å²) in [5.41, 5.74) is 2.72. The first-order valence-corrected chi connectivity index (χ1v) is 16.1. The van der Waals surface area contributed by atoms with Gasteiger partial charge in [0.15, 0.2) is 16.3 Å². The number of esters is 1. The van der Waals surface area contributed by atoms with Crippen LogP contribution in [-0.2, 0) is 16.1 Å². The smallest absolute Gasteiger partial charge is 0.338 e. The highest BCUT2D eigenvalue weighted by Crippen LogP contribution is 2.36. The van der Waals surface area contributed by atoms with Crippen molar-refractivity contribution in [1.29, 1.82) is 0 Å². The molecular formula is C34H32Cl2N2O6S. The van der Waals surface area contributed by atoms with Crippen molar-refractivity contribution in [2.24, 2.45) is 4.99 Å². The van der Waals surface area contributed by atoms with Gasteiger partial charge in [0.05, 0.1) is 41.7 Å². The van der Waals surface area contributed by atoms with E-state index in [0.29, 0.717) is 66.7 Å². The van der Waals surface area contributed by atoms with Crippen LogP contribution in [0.15, 0.2) is 81.7 Å². The molecule has 0 N–H and O–H groups in total. The van der Waals surface area contributed by atoms with Crippen molar-refractivity contribution in [3.63, 3.8) is 0 Å². The number of benzene rings is 3. The summed E-state index contributed by atoms with van der Waals surface area (Å²) in [7, 11) is 0. The summed E-state index contributed by atoms with van der Waals surface area (Å²) >= 11 is 13.6. The SMILES string of the molecule is CCOC(=O)C1=C(C)N=c2s/c(=C\c3cccc(OCc4ccc(Cl)cc4Cl)c3)c(=O)n2[C@H]1c1ccc(OCC)c(OCC)c1. The minimum absolute atomic E-state index is 0.183. The molecule has 0 aliphatic carbocycles. The number of aromatic nitrogens is 1. The van der Waals surface area contributed by atoms with Gasteiger partial charge >= 0.3 is 5.97 Å². The van der Waals surface area contributed by atoms with Crippen LogP contribution in [0, 0.1) is 0 Å². The van der Waals surface area contributed by atoms with Gasteiger partial charge in [-0.3, -0.25) is 9.36 Å². The Morgan fingerprint density at radius 2 is 1.73 bits per heavy atom. The number of carbonyl (C=O) groups excluding carboxylic acids is 1. The number of hydrogen-bond donors (Lipinski definition) is 0. The Kier molecular flexibility index (Phi) is 10.3. The zero-order valence-corrected chi connectivity index (χ0v) is 27.6. The third kappa shape index (κ3) is 7.11. The maximum atomic E-state index is 14.1. The number of nitrogens with zero attached hydrogens (tertiary/aromatic N) is 2. The second-order valence-electron chi connectivity index (χ2n) is 9.97. The van der Waals surface area contributed by atoms with Crippen LogP contribution in [0.3, 0.4) is 0 Å². The van der Waals surface area contributed by atoms with Crippen molar-refractivity contribution in [2.45, 2.75) is 40.3 Å². The normalized spacial score (nSPS) is 14.5. The molecule has 0 unspecified atom stereocenters. The quantitative estimate of drug-likeness (QED) is 0.170. The lowest BCUT2D eigenvalue weighted by Gasteiger charge is -2.25. The van der Waals surface area contributed by atoms with Crippen LogP contribution in [0.5, 0.6) is 17.2 Å². The van der Waals surface area contributed by atoms with Gasteiger partial charge in [-0.1, -0.05) is 58.8 Å². The van der Waals surface area contributed by atoms with E-state index < -0.39 is 12.0 Å². The topological polar surface area (TPSA) is 88.4 Å². The molecule has 1 aromatic heterocycles. The first kappa shape index (κ1) is 32.3. The Balaban J connectivity index is 1.56. The highest BCUT2D eigenvalue weighted by molar-refractivity contribution is 7.07. The third-order valence-corrected chi connectivity index (χ3v) is 8.54. The molecule has 45 heavy (non-hydrogen) atoms. The largest absolute Gasteiger partial charge is 0.490 e. The third-order valence-electron chi connectivity index (χ3n) is 6.97. The standard InChI is InChI=1S/C34H32Cl2N2O6S/c1-5-41-27-14-12-22(17-28(27)42-6-2)31-30(33(40)43-7-3)20(4)37-34-38(31)32(39)29(45-34)16-21-9-8-10-25(15-21)44-19-23-11-13-24(35)18-26(23)36/h8-18,31H,5-7,19H2,1-4H3/b29-16-/t31-/m0/s1. The summed E-state index contributed by atoms with van der Waals surface area (Å²) in [4.78, 5) is 32.5. The number of ether oxygens (including phenoxy) is 4. The molecule has 0 fully saturated rings. The predicted octanol–water partition coefficient (Wildman–Crippen LogP) is 6.48. The molecule has 1 atom stereocenters. The fraction of sp³-hybridized carbons (Fsp3) is 0.265. The molecule has 3 aromatic carbocycles. The van der Waals surface area contributed by atoms with Crippen molar-refractivity contribution in [1.82, 2.24) is 4.57 Å². The van der Waals surface area contributed by atoms with Crippen LogP contribution in [0.4, 0.5) is 0 Å². The molecule has 1 aliphatic rings. The van der Waals surface area contributed by atoms with E-state index in [2.05, 4.69) is 4.99 Å². The van der Waals surface area contributed by atoms with Crippen LogP contribution >= 0.6 is 34.5 Å². The second-order valence-corrected chi connectivity index (χ2v) is 11.8. The van der Waals surface area contributed by atoms with E-state index in [9.17, 15) is 9.59 Å². The molecule has 0 radical (unpaired) electrons. The van der Waals surface area contributed by atoms with E-state index in [0.717, 1.165) is 11.1 Å². The number of allylic oxidation sites excluding steroid dienone is 1. The molecule has 0 bridgehead atoms. The van der Waals surface area contributed by atoms with Crippen LogP contribution in [0.2, 0.25) is 10.0 Å². The number of rotatable bonds is 11. The molecule has 11 heteroatoms. The summed E-state index contributed by atoms with van der Waals surface area (Å²) in [5, 5.41) is 1.07. The first-order chi connectivity index (χ1) is 21.7. The van der Waals surface area contributed by atoms with Crippen LogP contribution in [0.1, 0.15) is 50.4 Å². The maximum absolute atomic E-state index is 14.1. The maximum Gasteiger partial charge on any atom is 0.338 e. The van der Waals surface area contributed by atoms with Crippen molar-refractivity contribution in [3.8, 4) is 17.2 Å². The molecule has 0 spiro atoms. The van der Waals surface area contributed by atoms with E-state index in [1.807, 2.05) is 56.3 Å². The molecule has 1 aliphatic heterocycles. The minimum atomic E-state index is -0.781. The highest BCUT2D eigenvalue weighted by atomic mass is 35.5. The van der Waals surface area contributed by atoms with Crippen LogP contribution in [0.25, 0.3) is 6.08 Å². The Hall–Kier alpha value is -4.05. The van der Waals surface area contributed by atoms with Gasteiger partial charge in [0, 0.05) is 15.6 Å². The van der Waals surface area contributed by atoms with Crippen LogP contribution < -0.4 is 29.1 Å². The number of thiazole rings is 1. The van der Waals surface area contributed by atoms with Gasteiger partial charge in [0.2, 0.25) is 0 Å². The summed E-state index contributed by atoms with van der Waals surface area (Å²) < 4.78 is 25.0. The van der Waals surface area contributed by atoms with Crippen molar-refractivity contribution in [3.05, 3.63) is 118 Å². The fourth-order valence-corrected chi connectivity index (χ4v) is 6.50. The average molecular weight is 668 g/mol. The molecule has 2 heterocycles. The fourth-order valence-electron chi connectivity index (χ4n) is 4.99. The van der Waals surface area contributed by atoms with E-state index in [-0.39, 0.29) is 18.8 Å². The summed E-state index contributed by atoms with van der Waals surface area (Å²) in [6, 6.07) is 17.3. The molecule has 0 saturated carbocycles. The zero-order chi connectivity index (χ0) is 32.1. The van der Waals surface area contributed by atoms with Gasteiger partial charge in [-0.25, -0.2) is 9.79 Å². The molecule has 5 rings (SSSR count). The molecule has 0 saturated heterocycles. The summed E-state index contributed by atoms with van der Waals surface area (Å²) in [6.07, 6.45) is 1.79. The molecule has 234 valence electrons. The lowest BCUT2D eigenvalue weighted by molar-refractivity contribution is -0.139. The number of fused-ring (bicyclic) bond motifs is 1. The van der Waals surface area contributed by atoms with E-state index >= 15 is 0 Å². The average Bonchev–Trinajstić information content (AvgIpc) is 3.31. The van der Waals surface area contributed by atoms with E-state index in [4.69, 9.17) is 42.1 Å². The lowest BCUT2D eigenvalue weighted by Crippen LogP contribution is -2.40. The lowest BCUT2D eigenvalue weighted by atomic mass is 9.95. The Labute approximate surface area is 274 Å². The first-order valence-electron chi connectivity index (χ1n) is 14.5. The van der Waals surface area contributed by atoms with Gasteiger partial charge in [0.25, 0.3) is 5.56 Å². The molecule has 0 amide bonds. The predicted molar refractivity (Wildman–Crippen MR) is 176 cm³/mol. The Bertz CT molecular complexity index is 1950. The molecule has 4 aromatic rings. The highest BCUT2D eigenvalue weighted by Gasteiger charge is 2.34. The van der Waals surface area contributed by atoms with Crippen molar-refractivity contribution >= 4 is 46.6 Å². The number of carbonyl (C=O) groups is 1. The van der Waals surface area contributed by atoms with Gasteiger partial charge in [0.1, 0.15) is 12.4 Å². The van der Waals surface area contributed by atoms with E-state index in [1.54, 1.807) is 42.7 Å². The van der Waals surface area contributed by atoms with Crippen molar-refractivity contribution < 1.29 is 23.7 Å². The van der Waals surface area contributed by atoms with Gasteiger partial charge in [-0.15, -0.1) is 0 Å².